The zero-order valence-electron chi connectivity index (χ0n) is 29.3. The van der Waals surface area contributed by atoms with Crippen LogP contribution in [0, 0.1) is 22.7 Å². The standard InChI is InChI=1S/C33H50NO12Si/c1-16-20(43-29(38)25(41-11)18(3)34(8)9)13-33(39)17(2)27-31(7,21(46-47)12-22-32(27,15-42-22)45-19(4)35)28(37)26(24(16)30(33,5)6)44-23(36)14-40-10/h17-18,20-22,25-27,39H,12-15H2,1-11H3/t17-,18?,20?,21?,22?,25?,26?,27?,31+,32?,33?/m0/s1. The SMILES string of the molecule is COCC(=O)OC1C(=O)[C@]2(C)C(O[Si])CC3OCC3(OC(C)=O)C2[C@H](C)C2(O)CC(OC(=O)C(OC)C(C)N(C)C)C(C)=C1C2(C)C. The molecule has 14 heteroatoms. The maximum absolute atomic E-state index is 15.2. The summed E-state index contributed by atoms with van der Waals surface area (Å²) in [4.78, 5) is 56.5. The van der Waals surface area contributed by atoms with E-state index < -0.39 is 94.7 Å². The van der Waals surface area contributed by atoms with E-state index in [4.69, 9.17) is 32.8 Å². The highest BCUT2D eigenvalue weighted by Crippen LogP contribution is 2.66. The number of ether oxygens (including phenoxy) is 6. The summed E-state index contributed by atoms with van der Waals surface area (Å²) in [6, 6.07) is -0.347. The normalized spacial score (nSPS) is 39.0. The second-order valence-electron chi connectivity index (χ2n) is 14.5. The number of methoxy groups -OCH3 is 2. The lowest BCUT2D eigenvalue weighted by Gasteiger charge is -2.68. The fourth-order valence-electron chi connectivity index (χ4n) is 8.98. The maximum Gasteiger partial charge on any atom is 0.337 e. The molecule has 1 aliphatic heterocycles. The van der Waals surface area contributed by atoms with Gasteiger partial charge in [-0.3, -0.25) is 9.59 Å². The zero-order valence-corrected chi connectivity index (χ0v) is 30.3. The van der Waals surface area contributed by atoms with Crippen molar-refractivity contribution in [1.29, 1.82) is 0 Å². The second kappa shape index (κ2) is 13.3. The quantitative estimate of drug-likeness (QED) is 0.153. The van der Waals surface area contributed by atoms with E-state index in [0.29, 0.717) is 11.1 Å². The van der Waals surface area contributed by atoms with Crippen LogP contribution in [0.1, 0.15) is 61.3 Å². The van der Waals surface area contributed by atoms with Crippen LogP contribution in [0.2, 0.25) is 0 Å². The van der Waals surface area contributed by atoms with Crippen LogP contribution in [0.3, 0.4) is 0 Å². The smallest absolute Gasteiger partial charge is 0.337 e. The Kier molecular flexibility index (Phi) is 10.6. The van der Waals surface area contributed by atoms with Crippen molar-refractivity contribution in [3.05, 3.63) is 11.1 Å². The molecule has 3 aliphatic carbocycles. The van der Waals surface area contributed by atoms with Gasteiger partial charge in [0.25, 0.3) is 0 Å². The van der Waals surface area contributed by atoms with E-state index in [1.807, 2.05) is 32.8 Å². The largest absolute Gasteiger partial charge is 0.456 e. The molecule has 11 atom stereocenters. The Morgan fingerprint density at radius 3 is 2.28 bits per heavy atom. The molecule has 1 heterocycles. The summed E-state index contributed by atoms with van der Waals surface area (Å²) in [5.41, 5.74) is -4.90. The highest BCUT2D eigenvalue weighted by molar-refractivity contribution is 5.99. The number of carbonyl (C=O) groups is 4. The van der Waals surface area contributed by atoms with Crippen molar-refractivity contribution in [2.45, 2.75) is 109 Å². The molecule has 0 aromatic carbocycles. The molecule has 2 saturated carbocycles. The summed E-state index contributed by atoms with van der Waals surface area (Å²) >= 11 is 0. The van der Waals surface area contributed by atoms with Crippen LogP contribution in [0.25, 0.3) is 0 Å². The molecule has 0 aromatic heterocycles. The number of esters is 3. The van der Waals surface area contributed by atoms with Crippen LogP contribution in [0.5, 0.6) is 0 Å². The molecule has 2 bridgehead atoms. The molecule has 0 aromatic rings. The first-order chi connectivity index (χ1) is 21.8. The van der Waals surface area contributed by atoms with Crippen LogP contribution in [-0.2, 0) is 52.0 Å². The summed E-state index contributed by atoms with van der Waals surface area (Å²) in [6.07, 6.45) is -4.84. The lowest BCUT2D eigenvalue weighted by atomic mass is 9.42. The third-order valence-electron chi connectivity index (χ3n) is 11.8. The Morgan fingerprint density at radius 1 is 1.15 bits per heavy atom. The lowest BCUT2D eigenvalue weighted by Crippen LogP contribution is -2.80. The maximum atomic E-state index is 15.2. The van der Waals surface area contributed by atoms with E-state index in [9.17, 15) is 19.5 Å². The van der Waals surface area contributed by atoms with Gasteiger partial charge >= 0.3 is 17.9 Å². The first-order valence-electron chi connectivity index (χ1n) is 16.0. The van der Waals surface area contributed by atoms with Gasteiger partial charge in [0.05, 0.1) is 23.7 Å². The van der Waals surface area contributed by atoms with Crippen molar-refractivity contribution >= 4 is 34.2 Å². The van der Waals surface area contributed by atoms with Gasteiger partial charge in [0.15, 0.2) is 23.6 Å². The van der Waals surface area contributed by atoms with Gasteiger partial charge in [0, 0.05) is 51.4 Å². The first-order valence-corrected chi connectivity index (χ1v) is 16.4. The Labute approximate surface area is 280 Å². The third-order valence-corrected chi connectivity index (χ3v) is 12.0. The molecule has 0 amide bonds. The Hall–Kier alpha value is -2.20. The minimum atomic E-state index is -1.71. The fourth-order valence-corrected chi connectivity index (χ4v) is 9.33. The lowest BCUT2D eigenvalue weighted by molar-refractivity contribution is -0.336. The van der Waals surface area contributed by atoms with Gasteiger partial charge in [-0.15, -0.1) is 0 Å². The first kappa shape index (κ1) is 37.6. The highest BCUT2D eigenvalue weighted by atomic mass is 28.2. The van der Waals surface area contributed by atoms with E-state index >= 15 is 4.79 Å². The van der Waals surface area contributed by atoms with Gasteiger partial charge in [0.1, 0.15) is 18.8 Å². The summed E-state index contributed by atoms with van der Waals surface area (Å²) in [7, 11) is 9.57. The minimum absolute atomic E-state index is 0.00766. The molecule has 9 unspecified atom stereocenters. The van der Waals surface area contributed by atoms with E-state index in [1.165, 1.54) is 21.1 Å². The van der Waals surface area contributed by atoms with E-state index in [2.05, 4.69) is 10.5 Å². The zero-order chi connectivity index (χ0) is 35.4. The van der Waals surface area contributed by atoms with Crippen LogP contribution in [0.15, 0.2) is 11.1 Å². The third kappa shape index (κ3) is 5.71. The Balaban J connectivity index is 1.99. The number of carbonyl (C=O) groups excluding carboxylic acids is 4. The van der Waals surface area contributed by atoms with Crippen LogP contribution < -0.4 is 0 Å². The Bertz CT molecular complexity index is 1300. The predicted molar refractivity (Wildman–Crippen MR) is 167 cm³/mol. The second-order valence-corrected chi connectivity index (χ2v) is 14.8. The number of rotatable bonds is 10. The molecule has 1 saturated heterocycles. The molecular weight excluding hydrogens is 630 g/mol. The van der Waals surface area contributed by atoms with Gasteiger partial charge in [-0.05, 0) is 51.9 Å². The summed E-state index contributed by atoms with van der Waals surface area (Å²) in [5.74, 6) is -4.19. The van der Waals surface area contributed by atoms with Crippen molar-refractivity contribution in [3.8, 4) is 0 Å². The topological polar surface area (TPSA) is 156 Å². The molecule has 13 nitrogen and oxygen atoms in total. The molecule has 3 radical (unpaired) electrons. The number of hydrogen-bond acceptors (Lipinski definition) is 13. The van der Waals surface area contributed by atoms with Crippen LogP contribution in [0.4, 0.5) is 0 Å². The van der Waals surface area contributed by atoms with Gasteiger partial charge < -0.3 is 42.9 Å². The Morgan fingerprint density at radius 2 is 1.79 bits per heavy atom. The number of ketones is 1. The molecule has 4 aliphatic rings. The van der Waals surface area contributed by atoms with E-state index in [0.717, 1.165) is 0 Å². The van der Waals surface area contributed by atoms with Crippen LogP contribution in [-0.4, -0.2) is 133 Å². The van der Waals surface area contributed by atoms with Crippen molar-refractivity contribution in [3.63, 3.8) is 0 Å². The molecule has 263 valence electrons. The number of fused-ring (bicyclic) bond motifs is 5. The van der Waals surface area contributed by atoms with Crippen molar-refractivity contribution < 1.29 is 57.1 Å². The molecule has 3 fully saturated rings. The van der Waals surface area contributed by atoms with Gasteiger partial charge in [-0.1, -0.05) is 20.8 Å². The number of nitrogens with zero attached hydrogens (tertiary/aromatic N) is 1. The molecule has 47 heavy (non-hydrogen) atoms. The number of likely N-dealkylation sites (N-methyl/N-ethyl adjacent to an activating group) is 1. The average molecular weight is 681 g/mol. The number of Topliss-reactive ketones (excluding diaryl/α,β-unsaturated/α-hetero) is 1. The number of aliphatic hydroxyl groups is 1. The van der Waals surface area contributed by atoms with Crippen molar-refractivity contribution in [2.24, 2.45) is 22.7 Å². The van der Waals surface area contributed by atoms with Crippen LogP contribution >= 0.6 is 0 Å². The van der Waals surface area contributed by atoms with Crippen molar-refractivity contribution in [2.75, 3.05) is 41.5 Å². The fraction of sp³-hybridized carbons (Fsp3) is 0.818. The molecule has 0 spiro atoms. The van der Waals surface area contributed by atoms with Crippen molar-refractivity contribution in [1.82, 2.24) is 4.90 Å². The molecular formula is C33H50NO12Si. The summed E-state index contributed by atoms with van der Waals surface area (Å²) in [6.45, 7) is 11.5. The van der Waals surface area contributed by atoms with Gasteiger partial charge in [0.2, 0.25) is 10.5 Å². The monoisotopic (exact) mass is 680 g/mol. The van der Waals surface area contributed by atoms with Gasteiger partial charge in [-0.2, -0.15) is 0 Å². The van der Waals surface area contributed by atoms with Gasteiger partial charge in [-0.25, -0.2) is 9.59 Å². The van der Waals surface area contributed by atoms with E-state index in [-0.39, 0.29) is 25.5 Å². The summed E-state index contributed by atoms with van der Waals surface area (Å²) in [5, 5.41) is 13.2. The van der Waals surface area contributed by atoms with E-state index in [1.54, 1.807) is 27.7 Å². The minimum Gasteiger partial charge on any atom is -0.456 e. The average Bonchev–Trinajstić information content (AvgIpc) is 2.97. The number of hydrogen-bond donors (Lipinski definition) is 1. The predicted octanol–water partition coefficient (Wildman–Crippen LogP) is 1.31. The summed E-state index contributed by atoms with van der Waals surface area (Å²) < 4.78 is 40.5. The molecule has 1 N–H and O–H groups in total. The highest BCUT2D eigenvalue weighted by Gasteiger charge is 2.76. The molecule has 4 rings (SSSR count).